The van der Waals surface area contributed by atoms with Crippen LogP contribution in [0.4, 0.5) is 0 Å². The lowest BCUT2D eigenvalue weighted by Gasteiger charge is -2.13. The van der Waals surface area contributed by atoms with E-state index in [0.717, 1.165) is 21.9 Å². The average Bonchev–Trinajstić information content (AvgIpc) is 2.51. The summed E-state index contributed by atoms with van der Waals surface area (Å²) in [5, 5.41) is 21.3. The SMILES string of the molecule is Cc1cc(O)c(C(=O)O)c(OCc2cccc3ccccc23)c1. The van der Waals surface area contributed by atoms with Gasteiger partial charge in [-0.05, 0) is 41.0 Å². The van der Waals surface area contributed by atoms with E-state index in [4.69, 9.17) is 4.74 Å². The smallest absolute Gasteiger partial charge is 0.343 e. The van der Waals surface area contributed by atoms with Crippen LogP contribution in [0.15, 0.2) is 54.6 Å². The van der Waals surface area contributed by atoms with Crippen molar-refractivity contribution >= 4 is 16.7 Å². The zero-order chi connectivity index (χ0) is 16.4. The van der Waals surface area contributed by atoms with E-state index in [1.807, 2.05) is 42.5 Å². The maximum atomic E-state index is 11.3. The predicted octanol–water partition coefficient (Wildman–Crippen LogP) is 4.13. The highest BCUT2D eigenvalue weighted by Crippen LogP contribution is 2.31. The molecule has 116 valence electrons. The summed E-state index contributed by atoms with van der Waals surface area (Å²) in [7, 11) is 0. The topological polar surface area (TPSA) is 66.8 Å². The molecule has 3 rings (SSSR count). The number of carboxylic acids is 1. The third kappa shape index (κ3) is 2.97. The molecule has 0 amide bonds. The highest BCUT2D eigenvalue weighted by molar-refractivity contribution is 5.94. The molecule has 0 aliphatic rings. The highest BCUT2D eigenvalue weighted by atomic mass is 16.5. The van der Waals surface area contributed by atoms with Gasteiger partial charge in [0.15, 0.2) is 0 Å². The molecule has 0 aromatic heterocycles. The molecule has 4 nitrogen and oxygen atoms in total. The minimum Gasteiger partial charge on any atom is -0.507 e. The molecule has 0 aliphatic carbocycles. The maximum Gasteiger partial charge on any atom is 0.343 e. The number of aryl methyl sites for hydroxylation is 1. The van der Waals surface area contributed by atoms with Crippen molar-refractivity contribution in [1.29, 1.82) is 0 Å². The molecule has 0 spiro atoms. The van der Waals surface area contributed by atoms with Gasteiger partial charge in [-0.1, -0.05) is 42.5 Å². The lowest BCUT2D eigenvalue weighted by atomic mass is 10.1. The number of phenols is 1. The van der Waals surface area contributed by atoms with E-state index in [1.54, 1.807) is 13.0 Å². The Bertz CT molecular complexity index is 878. The molecule has 2 N–H and O–H groups in total. The minimum atomic E-state index is -1.21. The summed E-state index contributed by atoms with van der Waals surface area (Å²) in [6.45, 7) is 2.00. The van der Waals surface area contributed by atoms with Crippen molar-refractivity contribution in [3.63, 3.8) is 0 Å². The zero-order valence-corrected chi connectivity index (χ0v) is 12.6. The van der Waals surface area contributed by atoms with Crippen LogP contribution in [0, 0.1) is 6.92 Å². The lowest BCUT2D eigenvalue weighted by molar-refractivity contribution is 0.0688. The van der Waals surface area contributed by atoms with E-state index in [2.05, 4.69) is 0 Å². The average molecular weight is 308 g/mol. The molecular formula is C19H16O4. The van der Waals surface area contributed by atoms with E-state index in [-0.39, 0.29) is 23.7 Å². The standard InChI is InChI=1S/C19H16O4/c1-12-9-16(20)18(19(21)22)17(10-12)23-11-14-7-4-6-13-5-2-3-8-15(13)14/h2-10,20H,11H2,1H3,(H,21,22). The van der Waals surface area contributed by atoms with Crippen LogP contribution in [-0.2, 0) is 6.61 Å². The molecule has 3 aromatic carbocycles. The Balaban J connectivity index is 1.96. The van der Waals surface area contributed by atoms with E-state index in [1.165, 1.54) is 6.07 Å². The van der Waals surface area contributed by atoms with E-state index >= 15 is 0 Å². The van der Waals surface area contributed by atoms with Gasteiger partial charge in [0.2, 0.25) is 0 Å². The molecule has 0 saturated carbocycles. The largest absolute Gasteiger partial charge is 0.507 e. The van der Waals surface area contributed by atoms with Gasteiger partial charge in [0, 0.05) is 0 Å². The molecule has 0 bridgehead atoms. The van der Waals surface area contributed by atoms with Crippen LogP contribution in [0.2, 0.25) is 0 Å². The molecule has 0 saturated heterocycles. The van der Waals surface area contributed by atoms with Gasteiger partial charge in [-0.3, -0.25) is 0 Å². The summed E-state index contributed by atoms with van der Waals surface area (Å²) in [6.07, 6.45) is 0. The van der Waals surface area contributed by atoms with Crippen LogP contribution in [0.1, 0.15) is 21.5 Å². The third-order valence-corrected chi connectivity index (χ3v) is 3.70. The molecule has 0 aliphatic heterocycles. The molecule has 0 heterocycles. The minimum absolute atomic E-state index is 0.169. The van der Waals surface area contributed by atoms with Gasteiger partial charge in [-0.25, -0.2) is 4.79 Å². The first-order chi connectivity index (χ1) is 11.1. The summed E-state index contributed by atoms with van der Waals surface area (Å²) >= 11 is 0. The second kappa shape index (κ2) is 6.01. The fourth-order valence-electron chi connectivity index (χ4n) is 2.64. The quantitative estimate of drug-likeness (QED) is 0.760. The number of carbonyl (C=O) groups is 1. The Labute approximate surface area is 133 Å². The Hall–Kier alpha value is -3.01. The summed E-state index contributed by atoms with van der Waals surface area (Å²) in [6, 6.07) is 16.9. The van der Waals surface area contributed by atoms with E-state index in [9.17, 15) is 15.0 Å². The summed E-state index contributed by atoms with van der Waals surface area (Å²) in [5.74, 6) is -1.33. The van der Waals surface area contributed by atoms with Crippen LogP contribution in [0.3, 0.4) is 0 Å². The number of carboxylic acid groups (broad SMARTS) is 1. The second-order valence-corrected chi connectivity index (χ2v) is 5.39. The third-order valence-electron chi connectivity index (χ3n) is 3.70. The zero-order valence-electron chi connectivity index (χ0n) is 12.6. The molecule has 0 radical (unpaired) electrons. The molecule has 23 heavy (non-hydrogen) atoms. The number of rotatable bonds is 4. The van der Waals surface area contributed by atoms with Gasteiger partial charge >= 0.3 is 5.97 Å². The molecule has 0 atom stereocenters. The Morgan fingerprint density at radius 1 is 1.09 bits per heavy atom. The molecule has 3 aromatic rings. The van der Waals surface area contributed by atoms with Gasteiger partial charge < -0.3 is 14.9 Å². The Kier molecular flexibility index (Phi) is 3.89. The molecule has 4 heteroatoms. The van der Waals surface area contributed by atoms with Gasteiger partial charge in [0.1, 0.15) is 23.7 Å². The monoisotopic (exact) mass is 308 g/mol. The van der Waals surface area contributed by atoms with Crippen molar-refractivity contribution in [1.82, 2.24) is 0 Å². The lowest BCUT2D eigenvalue weighted by Crippen LogP contribution is -2.04. The first kappa shape index (κ1) is 14.9. The predicted molar refractivity (Wildman–Crippen MR) is 88.1 cm³/mol. The van der Waals surface area contributed by atoms with Crippen molar-refractivity contribution in [3.05, 3.63) is 71.3 Å². The van der Waals surface area contributed by atoms with Crippen LogP contribution in [0.25, 0.3) is 10.8 Å². The highest BCUT2D eigenvalue weighted by Gasteiger charge is 2.18. The molecular weight excluding hydrogens is 292 g/mol. The summed E-state index contributed by atoms with van der Waals surface area (Å²) < 4.78 is 5.71. The number of ether oxygens (including phenoxy) is 1. The van der Waals surface area contributed by atoms with Crippen molar-refractivity contribution < 1.29 is 19.7 Å². The molecule has 0 fully saturated rings. The fourth-order valence-corrected chi connectivity index (χ4v) is 2.64. The second-order valence-electron chi connectivity index (χ2n) is 5.39. The summed E-state index contributed by atoms with van der Waals surface area (Å²) in [4.78, 5) is 11.3. The fraction of sp³-hybridized carbons (Fsp3) is 0.105. The van der Waals surface area contributed by atoms with Gasteiger partial charge in [-0.15, -0.1) is 0 Å². The number of fused-ring (bicyclic) bond motifs is 1. The van der Waals surface area contributed by atoms with Gasteiger partial charge in [0.05, 0.1) is 0 Å². The van der Waals surface area contributed by atoms with Crippen LogP contribution in [-0.4, -0.2) is 16.2 Å². The van der Waals surface area contributed by atoms with Gasteiger partial charge in [-0.2, -0.15) is 0 Å². The number of hydrogen-bond donors (Lipinski definition) is 2. The Morgan fingerprint density at radius 2 is 1.83 bits per heavy atom. The van der Waals surface area contributed by atoms with Crippen molar-refractivity contribution in [2.24, 2.45) is 0 Å². The van der Waals surface area contributed by atoms with Crippen LogP contribution < -0.4 is 4.74 Å². The number of hydrogen-bond acceptors (Lipinski definition) is 3. The van der Waals surface area contributed by atoms with Crippen molar-refractivity contribution in [2.45, 2.75) is 13.5 Å². The van der Waals surface area contributed by atoms with Crippen LogP contribution in [0.5, 0.6) is 11.5 Å². The first-order valence-corrected chi connectivity index (χ1v) is 7.22. The van der Waals surface area contributed by atoms with Crippen LogP contribution >= 0.6 is 0 Å². The Morgan fingerprint density at radius 3 is 2.61 bits per heavy atom. The van der Waals surface area contributed by atoms with Gasteiger partial charge in [0.25, 0.3) is 0 Å². The maximum absolute atomic E-state index is 11.3. The number of aromatic hydroxyl groups is 1. The van der Waals surface area contributed by atoms with E-state index < -0.39 is 5.97 Å². The number of benzene rings is 3. The summed E-state index contributed by atoms with van der Waals surface area (Å²) in [5.41, 5.74) is 1.48. The van der Waals surface area contributed by atoms with Crippen molar-refractivity contribution in [2.75, 3.05) is 0 Å². The first-order valence-electron chi connectivity index (χ1n) is 7.22. The van der Waals surface area contributed by atoms with Crippen molar-refractivity contribution in [3.8, 4) is 11.5 Å². The normalized spacial score (nSPS) is 10.7. The van der Waals surface area contributed by atoms with E-state index in [0.29, 0.717) is 0 Å². The number of aromatic carboxylic acids is 1. The molecule has 0 unspecified atom stereocenters.